The van der Waals surface area contributed by atoms with E-state index in [1.807, 2.05) is 0 Å². The molecule has 0 atom stereocenters. The molecule has 0 saturated heterocycles. The highest BCUT2D eigenvalue weighted by Crippen LogP contribution is 2.34. The first-order valence-electron chi connectivity index (χ1n) is 6.98. The summed E-state index contributed by atoms with van der Waals surface area (Å²) in [4.78, 5) is 18.8. The molecule has 30 heavy (non-hydrogen) atoms. The van der Waals surface area contributed by atoms with Gasteiger partial charge in [0.25, 0.3) is 5.69 Å². The highest BCUT2D eigenvalue weighted by Gasteiger charge is 2.34. The number of rotatable bonds is 4. The summed E-state index contributed by atoms with van der Waals surface area (Å²) in [6.07, 6.45) is -9.86. The topological polar surface area (TPSA) is 105 Å². The van der Waals surface area contributed by atoms with Gasteiger partial charge in [-0.15, -0.1) is 26.3 Å². The summed E-state index contributed by atoms with van der Waals surface area (Å²) in [5, 5.41) is 20.4. The minimum absolute atomic E-state index is 0.0452. The molecule has 2 aromatic carbocycles. The number of hydrogen-bond acceptors (Lipinski definition) is 6. The second-order valence-electron chi connectivity index (χ2n) is 4.84. The molecule has 0 saturated carbocycles. The maximum absolute atomic E-state index is 11.8. The van der Waals surface area contributed by atoms with Gasteiger partial charge < -0.3 is 9.47 Å². The molecule has 0 radical (unpaired) electrons. The maximum atomic E-state index is 11.8. The van der Waals surface area contributed by atoms with Crippen LogP contribution >= 0.6 is 23.2 Å². The third kappa shape index (κ3) is 8.57. The van der Waals surface area contributed by atoms with Gasteiger partial charge in [-0.1, -0.05) is 23.2 Å². The van der Waals surface area contributed by atoms with E-state index in [0.717, 1.165) is 30.3 Å². The minimum atomic E-state index is -4.97. The van der Waals surface area contributed by atoms with Gasteiger partial charge in [-0.2, -0.15) is 0 Å². The predicted molar refractivity (Wildman–Crippen MR) is 89.6 cm³/mol. The Morgan fingerprint density at radius 2 is 1.30 bits per heavy atom. The summed E-state index contributed by atoms with van der Waals surface area (Å²) in [5.41, 5.74) is -1.47. The normalized spacial score (nSPS) is 11.2. The van der Waals surface area contributed by atoms with E-state index >= 15 is 0 Å². The Morgan fingerprint density at radius 1 is 0.767 bits per heavy atom. The molecular weight excluding hydrogens is 477 g/mol. The molecule has 0 aliphatic carbocycles. The summed E-state index contributed by atoms with van der Waals surface area (Å²) in [6, 6.07) is 5.09. The first-order chi connectivity index (χ1) is 13.6. The number of alkyl halides is 6. The highest BCUT2D eigenvalue weighted by atomic mass is 35.5. The van der Waals surface area contributed by atoms with Crippen molar-refractivity contribution >= 4 is 34.6 Å². The molecular formula is C14H6Cl2F6N2O6. The summed E-state index contributed by atoms with van der Waals surface area (Å²) < 4.78 is 77.6. The van der Waals surface area contributed by atoms with Crippen molar-refractivity contribution in [2.75, 3.05) is 0 Å². The number of nitro benzene ring substituents is 2. The van der Waals surface area contributed by atoms with E-state index in [0.29, 0.717) is 6.07 Å². The van der Waals surface area contributed by atoms with Crippen molar-refractivity contribution in [3.05, 3.63) is 66.7 Å². The molecule has 8 nitrogen and oxygen atoms in total. The monoisotopic (exact) mass is 482 g/mol. The van der Waals surface area contributed by atoms with Crippen molar-refractivity contribution in [3.8, 4) is 11.5 Å². The van der Waals surface area contributed by atoms with E-state index in [1.54, 1.807) is 0 Å². The third-order valence-electron chi connectivity index (χ3n) is 2.69. The molecule has 0 aliphatic heterocycles. The van der Waals surface area contributed by atoms with Crippen LogP contribution in [0.25, 0.3) is 0 Å². The average molecular weight is 483 g/mol. The van der Waals surface area contributed by atoms with Gasteiger partial charge in [0, 0.05) is 11.1 Å². The van der Waals surface area contributed by atoms with Crippen molar-refractivity contribution in [2.45, 2.75) is 12.7 Å². The zero-order chi connectivity index (χ0) is 23.3. The zero-order valence-corrected chi connectivity index (χ0v) is 15.3. The molecule has 0 amide bonds. The summed E-state index contributed by atoms with van der Waals surface area (Å²) in [5.74, 6) is -1.57. The van der Waals surface area contributed by atoms with Gasteiger partial charge in [0.1, 0.15) is 10.8 Å². The van der Waals surface area contributed by atoms with Crippen LogP contribution in [0.3, 0.4) is 0 Å². The number of hydrogen-bond donors (Lipinski definition) is 0. The smallest absolute Gasteiger partial charge is 0.406 e. The maximum Gasteiger partial charge on any atom is 0.573 e. The molecule has 0 bridgehead atoms. The number of halogens is 8. The van der Waals surface area contributed by atoms with Crippen LogP contribution in [0.1, 0.15) is 0 Å². The van der Waals surface area contributed by atoms with Crippen molar-refractivity contribution in [1.82, 2.24) is 0 Å². The first kappa shape index (κ1) is 25.0. The second-order valence-corrected chi connectivity index (χ2v) is 5.68. The van der Waals surface area contributed by atoms with Gasteiger partial charge in [0.2, 0.25) is 5.75 Å². The lowest BCUT2D eigenvalue weighted by Gasteiger charge is -2.08. The molecule has 2 rings (SSSR count). The number of nitrogens with zero attached hydrogens (tertiary/aromatic N) is 2. The van der Waals surface area contributed by atoms with Crippen molar-refractivity contribution in [3.63, 3.8) is 0 Å². The Balaban J connectivity index is 0.000000300. The zero-order valence-electron chi connectivity index (χ0n) is 13.8. The van der Waals surface area contributed by atoms with Gasteiger partial charge in [0.15, 0.2) is 0 Å². The molecule has 0 fully saturated rings. The van der Waals surface area contributed by atoms with E-state index < -0.39 is 45.4 Å². The largest absolute Gasteiger partial charge is 0.573 e. The van der Waals surface area contributed by atoms with Crippen molar-refractivity contribution < 1.29 is 45.7 Å². The molecule has 2 aromatic rings. The second kappa shape index (κ2) is 9.67. The summed E-state index contributed by atoms with van der Waals surface area (Å²) in [7, 11) is 0. The summed E-state index contributed by atoms with van der Waals surface area (Å²) in [6.45, 7) is 0. The first-order valence-corrected chi connectivity index (χ1v) is 7.74. The Labute approximate surface area is 171 Å². The lowest BCUT2D eigenvalue weighted by molar-refractivity contribution is -0.388. The van der Waals surface area contributed by atoms with Gasteiger partial charge in [-0.3, -0.25) is 20.2 Å². The van der Waals surface area contributed by atoms with Gasteiger partial charge in [0.05, 0.1) is 15.9 Å². The molecule has 164 valence electrons. The lowest BCUT2D eigenvalue weighted by Crippen LogP contribution is -2.17. The quantitative estimate of drug-likeness (QED) is 0.288. The third-order valence-corrected chi connectivity index (χ3v) is 3.25. The van der Waals surface area contributed by atoms with Crippen LogP contribution in [0, 0.1) is 20.2 Å². The fourth-order valence-corrected chi connectivity index (χ4v) is 2.03. The number of ether oxygens (including phenoxy) is 2. The Kier molecular flexibility index (Phi) is 8.07. The fourth-order valence-electron chi connectivity index (χ4n) is 1.67. The standard InChI is InChI=1S/2C7H3ClF3NO3/c8-4-1-2-6(15-7(9,10)11)5(3-4)12(13)14;8-5-2-1-4(15-7(9,10)11)3-6(5)12(13)14/h2*1-3H. The molecule has 16 heteroatoms. The van der Waals surface area contributed by atoms with Crippen LogP contribution in [-0.4, -0.2) is 22.6 Å². The van der Waals surface area contributed by atoms with Crippen LogP contribution in [0.5, 0.6) is 11.5 Å². The van der Waals surface area contributed by atoms with E-state index in [2.05, 4.69) is 9.47 Å². The number of benzene rings is 2. The fraction of sp³-hybridized carbons (Fsp3) is 0.143. The van der Waals surface area contributed by atoms with Crippen LogP contribution in [0.2, 0.25) is 10.0 Å². The highest BCUT2D eigenvalue weighted by molar-refractivity contribution is 6.32. The molecule has 0 aliphatic rings. The minimum Gasteiger partial charge on any atom is -0.406 e. The van der Waals surface area contributed by atoms with Gasteiger partial charge in [-0.25, -0.2) is 0 Å². The average Bonchev–Trinajstić information content (AvgIpc) is 2.56. The van der Waals surface area contributed by atoms with Crippen molar-refractivity contribution in [2.24, 2.45) is 0 Å². The molecule has 0 N–H and O–H groups in total. The summed E-state index contributed by atoms with van der Waals surface area (Å²) >= 11 is 10.8. The van der Waals surface area contributed by atoms with E-state index in [9.17, 15) is 46.6 Å². The molecule has 0 aromatic heterocycles. The molecule has 0 unspecified atom stereocenters. The van der Waals surface area contributed by atoms with Crippen LogP contribution in [-0.2, 0) is 0 Å². The molecule has 0 heterocycles. The lowest BCUT2D eigenvalue weighted by atomic mass is 10.3. The Morgan fingerprint density at radius 3 is 1.77 bits per heavy atom. The van der Waals surface area contributed by atoms with Gasteiger partial charge >= 0.3 is 18.4 Å². The van der Waals surface area contributed by atoms with Crippen LogP contribution in [0.4, 0.5) is 37.7 Å². The predicted octanol–water partition coefficient (Wildman–Crippen LogP) is 6.29. The Hall–Kier alpha value is -3.00. The molecule has 0 spiro atoms. The number of nitro groups is 2. The van der Waals surface area contributed by atoms with Gasteiger partial charge in [-0.05, 0) is 24.3 Å². The van der Waals surface area contributed by atoms with Crippen molar-refractivity contribution in [1.29, 1.82) is 0 Å². The SMILES string of the molecule is O=[N+]([O-])c1cc(Cl)ccc1OC(F)(F)F.O=[N+]([O-])c1cc(OC(F)(F)F)ccc1Cl. The van der Waals surface area contributed by atoms with Crippen LogP contribution < -0.4 is 9.47 Å². The Bertz CT molecular complexity index is 938. The van der Waals surface area contributed by atoms with Crippen LogP contribution in [0.15, 0.2) is 36.4 Å². The van der Waals surface area contributed by atoms with E-state index in [1.165, 1.54) is 0 Å². The van der Waals surface area contributed by atoms with E-state index in [4.69, 9.17) is 23.2 Å². The van der Waals surface area contributed by atoms with E-state index in [-0.39, 0.29) is 10.0 Å².